The molecule has 0 bridgehead atoms. The van der Waals surface area contributed by atoms with E-state index in [0.29, 0.717) is 11.4 Å². The first-order valence-corrected chi connectivity index (χ1v) is 17.8. The number of aryl methyl sites for hydroxylation is 1. The minimum Gasteiger partial charge on any atom is -0.494 e. The maximum atomic E-state index is 13.8. The van der Waals surface area contributed by atoms with Crippen molar-refractivity contribution in [3.63, 3.8) is 0 Å². The average molecular weight is 663 g/mol. The number of ether oxygens (including phenoxy) is 2. The Morgan fingerprint density at radius 1 is 0.848 bits per heavy atom. The van der Waals surface area contributed by atoms with Crippen LogP contribution in [0.25, 0.3) is 11.0 Å². The summed E-state index contributed by atoms with van der Waals surface area (Å²) in [4.78, 5) is 13.8. The number of rotatable bonds is 9. The number of hydrogen-bond donors (Lipinski definition) is 1. The van der Waals surface area contributed by atoms with Gasteiger partial charge in [0.25, 0.3) is 10.0 Å². The standard InChI is InChI=1S/C32H34N6O6S2/c1-22-9-12-24(13-10-22)46(41,42)38-16-15-25-30(38)34-32(35-31(25)44-27-7-5-6-8-29(27)45(4,39)40)33-26-14-11-23(21-28(26)43-3)37-19-17-36(2)18-20-37/h5-16,21H,17-20H2,1-4H3,(H,33,34,35). The zero-order valence-electron chi connectivity index (χ0n) is 25.8. The molecular formula is C32H34N6O6S2. The number of piperazine rings is 1. The Morgan fingerprint density at radius 3 is 2.26 bits per heavy atom. The number of sulfone groups is 1. The van der Waals surface area contributed by atoms with Crippen LogP contribution in [0, 0.1) is 6.92 Å². The van der Waals surface area contributed by atoms with Gasteiger partial charge in [-0.15, -0.1) is 0 Å². The Morgan fingerprint density at radius 2 is 1.57 bits per heavy atom. The third kappa shape index (κ3) is 6.23. The highest BCUT2D eigenvalue weighted by Crippen LogP contribution is 2.36. The minimum atomic E-state index is -4.07. The first-order chi connectivity index (χ1) is 21.9. The summed E-state index contributed by atoms with van der Waals surface area (Å²) < 4.78 is 65.5. The lowest BCUT2D eigenvalue weighted by Crippen LogP contribution is -2.44. The summed E-state index contributed by atoms with van der Waals surface area (Å²) in [5, 5.41) is 3.42. The van der Waals surface area contributed by atoms with E-state index in [2.05, 4.69) is 32.1 Å². The highest BCUT2D eigenvalue weighted by Gasteiger charge is 2.25. The largest absolute Gasteiger partial charge is 0.494 e. The average Bonchev–Trinajstić information content (AvgIpc) is 3.47. The summed E-state index contributed by atoms with van der Waals surface area (Å²) in [6.07, 6.45) is 2.46. The Bertz CT molecular complexity index is 2120. The lowest BCUT2D eigenvalue weighted by Gasteiger charge is -2.34. The maximum Gasteiger partial charge on any atom is 0.269 e. The molecule has 0 spiro atoms. The Kier molecular flexibility index (Phi) is 8.35. The third-order valence-electron chi connectivity index (χ3n) is 7.81. The highest BCUT2D eigenvalue weighted by molar-refractivity contribution is 7.91. The molecule has 5 aromatic rings. The molecule has 1 N–H and O–H groups in total. The zero-order valence-corrected chi connectivity index (χ0v) is 27.5. The first kappa shape index (κ1) is 31.3. The van der Waals surface area contributed by atoms with Crippen molar-refractivity contribution >= 4 is 48.2 Å². The molecule has 240 valence electrons. The number of methoxy groups -OCH3 is 1. The van der Waals surface area contributed by atoms with Crippen LogP contribution < -0.4 is 19.7 Å². The van der Waals surface area contributed by atoms with Gasteiger partial charge in [-0.2, -0.15) is 9.97 Å². The van der Waals surface area contributed by atoms with E-state index in [4.69, 9.17) is 9.47 Å². The van der Waals surface area contributed by atoms with Crippen molar-refractivity contribution in [2.75, 3.05) is 56.8 Å². The molecule has 0 unspecified atom stereocenters. The fourth-order valence-corrected chi connectivity index (χ4v) is 7.32. The zero-order chi connectivity index (χ0) is 32.6. The van der Waals surface area contributed by atoms with Gasteiger partial charge in [0.15, 0.2) is 15.5 Å². The number of hydrogen-bond acceptors (Lipinski definition) is 11. The van der Waals surface area contributed by atoms with Gasteiger partial charge in [0, 0.05) is 50.4 Å². The summed E-state index contributed by atoms with van der Waals surface area (Å²) in [5.74, 6) is 0.561. The van der Waals surface area contributed by atoms with Crippen LogP contribution in [0.5, 0.6) is 17.4 Å². The summed E-state index contributed by atoms with van der Waals surface area (Å²) in [6, 6.07) is 19.9. The number of benzene rings is 3. The predicted octanol–water partition coefficient (Wildman–Crippen LogP) is 4.68. The van der Waals surface area contributed by atoms with Crippen molar-refractivity contribution in [2.24, 2.45) is 0 Å². The molecule has 1 aliphatic heterocycles. The quantitative estimate of drug-likeness (QED) is 0.236. The lowest BCUT2D eigenvalue weighted by atomic mass is 10.2. The smallest absolute Gasteiger partial charge is 0.269 e. The van der Waals surface area contributed by atoms with Crippen LogP contribution in [0.2, 0.25) is 0 Å². The Labute approximate surface area is 268 Å². The number of fused-ring (bicyclic) bond motifs is 1. The Hall–Kier alpha value is -4.66. The van der Waals surface area contributed by atoms with E-state index in [-0.39, 0.29) is 38.4 Å². The molecule has 0 amide bonds. The summed E-state index contributed by atoms with van der Waals surface area (Å²) >= 11 is 0. The van der Waals surface area contributed by atoms with Crippen LogP contribution in [0.15, 0.2) is 88.8 Å². The first-order valence-electron chi connectivity index (χ1n) is 14.5. The number of nitrogens with zero attached hydrogens (tertiary/aromatic N) is 5. The molecule has 12 nitrogen and oxygen atoms in total. The molecule has 3 aromatic carbocycles. The second-order valence-corrected chi connectivity index (χ2v) is 14.9. The summed E-state index contributed by atoms with van der Waals surface area (Å²) in [5.41, 5.74) is 2.50. The molecule has 1 aliphatic rings. The van der Waals surface area contributed by atoms with E-state index < -0.39 is 19.9 Å². The van der Waals surface area contributed by atoms with Crippen LogP contribution in [0.1, 0.15) is 5.56 Å². The van der Waals surface area contributed by atoms with Gasteiger partial charge in [-0.25, -0.2) is 20.8 Å². The van der Waals surface area contributed by atoms with Crippen LogP contribution >= 0.6 is 0 Å². The molecule has 14 heteroatoms. The molecule has 2 aromatic heterocycles. The molecule has 0 atom stereocenters. The van der Waals surface area contributed by atoms with Gasteiger partial charge in [-0.1, -0.05) is 29.8 Å². The Balaban J connectivity index is 1.45. The van der Waals surface area contributed by atoms with Crippen molar-refractivity contribution in [1.82, 2.24) is 18.8 Å². The van der Waals surface area contributed by atoms with Crippen molar-refractivity contribution in [2.45, 2.75) is 16.7 Å². The fraction of sp³-hybridized carbons (Fsp3) is 0.250. The van der Waals surface area contributed by atoms with Crippen molar-refractivity contribution in [1.29, 1.82) is 0 Å². The molecular weight excluding hydrogens is 629 g/mol. The second kappa shape index (κ2) is 12.3. The van der Waals surface area contributed by atoms with E-state index in [9.17, 15) is 16.8 Å². The van der Waals surface area contributed by atoms with Gasteiger partial charge in [0.1, 0.15) is 16.4 Å². The van der Waals surface area contributed by atoms with Gasteiger partial charge >= 0.3 is 0 Å². The molecule has 6 rings (SSSR count). The molecule has 0 aliphatic carbocycles. The van der Waals surface area contributed by atoms with Gasteiger partial charge in [-0.05, 0) is 56.4 Å². The fourth-order valence-electron chi connectivity index (χ4n) is 5.23. The van der Waals surface area contributed by atoms with E-state index in [1.807, 2.05) is 25.1 Å². The van der Waals surface area contributed by atoms with E-state index in [1.54, 1.807) is 31.4 Å². The number of aromatic nitrogens is 3. The van der Waals surface area contributed by atoms with Crippen LogP contribution in [-0.4, -0.2) is 82.3 Å². The van der Waals surface area contributed by atoms with Gasteiger partial charge in [0.05, 0.1) is 23.1 Å². The second-order valence-electron chi connectivity index (χ2n) is 11.1. The molecule has 46 heavy (non-hydrogen) atoms. The summed E-state index contributed by atoms with van der Waals surface area (Å²) in [7, 11) is -4.07. The number of anilines is 3. The van der Waals surface area contributed by atoms with Gasteiger partial charge < -0.3 is 24.6 Å². The van der Waals surface area contributed by atoms with Crippen molar-refractivity contribution in [3.8, 4) is 17.4 Å². The van der Waals surface area contributed by atoms with Crippen LogP contribution in [0.3, 0.4) is 0 Å². The SMILES string of the molecule is COc1cc(N2CCN(C)CC2)ccc1Nc1nc(Oc2ccccc2S(C)(=O)=O)c2ccn(S(=O)(=O)c3ccc(C)cc3)c2n1. The van der Waals surface area contributed by atoms with Crippen molar-refractivity contribution in [3.05, 3.63) is 84.6 Å². The van der Waals surface area contributed by atoms with E-state index in [0.717, 1.165) is 47.7 Å². The lowest BCUT2D eigenvalue weighted by molar-refractivity contribution is 0.312. The van der Waals surface area contributed by atoms with Gasteiger partial charge in [-0.3, -0.25) is 0 Å². The highest BCUT2D eigenvalue weighted by atomic mass is 32.2. The third-order valence-corrected chi connectivity index (χ3v) is 10.6. The number of nitrogens with one attached hydrogen (secondary N) is 1. The molecule has 0 radical (unpaired) electrons. The minimum absolute atomic E-state index is 0.0176. The molecule has 3 heterocycles. The topological polar surface area (TPSA) is 136 Å². The molecule has 0 saturated carbocycles. The summed E-state index contributed by atoms with van der Waals surface area (Å²) in [6.45, 7) is 5.54. The number of likely N-dealkylation sites (N-methyl/N-ethyl adjacent to an activating group) is 1. The predicted molar refractivity (Wildman–Crippen MR) is 177 cm³/mol. The molecule has 1 fully saturated rings. The normalized spacial score (nSPS) is 14.4. The van der Waals surface area contributed by atoms with E-state index in [1.165, 1.54) is 36.5 Å². The van der Waals surface area contributed by atoms with Crippen LogP contribution in [-0.2, 0) is 19.9 Å². The molecule has 1 saturated heterocycles. The monoisotopic (exact) mass is 662 g/mol. The van der Waals surface area contributed by atoms with Crippen LogP contribution in [0.4, 0.5) is 17.3 Å². The number of para-hydroxylation sites is 1. The van der Waals surface area contributed by atoms with Gasteiger partial charge in [0.2, 0.25) is 11.8 Å². The van der Waals surface area contributed by atoms with E-state index >= 15 is 0 Å². The maximum absolute atomic E-state index is 13.8. The van der Waals surface area contributed by atoms with Crippen molar-refractivity contribution < 1.29 is 26.3 Å².